The monoisotopic (exact) mass is 402 g/mol. The number of hydroxylamine groups is 2. The minimum Gasteiger partial charge on any atom is -0.444 e. The highest BCUT2D eigenvalue weighted by molar-refractivity contribution is 6.20. The molecule has 4 rings (SSSR count). The van der Waals surface area contributed by atoms with E-state index in [0.717, 1.165) is 0 Å². The van der Waals surface area contributed by atoms with Crippen LogP contribution in [0.25, 0.3) is 0 Å². The smallest absolute Gasteiger partial charge is 0.410 e. The maximum absolute atomic E-state index is 12.5. The number of hydrogen-bond donors (Lipinski definition) is 0. The molecule has 3 aliphatic rings. The summed E-state index contributed by atoms with van der Waals surface area (Å²) in [5.41, 5.74) is -0.801. The number of ether oxygens (including phenoxy) is 2. The van der Waals surface area contributed by atoms with Gasteiger partial charge in [0.25, 0.3) is 11.8 Å². The SMILES string of the molecule is CC(C)(C)OC(=O)N1CC2(CC(C(=O)ON3C(=O)c4ccccc4C3=O)CO2)C1. The van der Waals surface area contributed by atoms with Gasteiger partial charge < -0.3 is 19.2 Å². The van der Waals surface area contributed by atoms with Gasteiger partial charge in [-0.2, -0.15) is 0 Å². The Morgan fingerprint density at radius 2 is 1.69 bits per heavy atom. The van der Waals surface area contributed by atoms with Crippen molar-refractivity contribution in [2.24, 2.45) is 5.92 Å². The van der Waals surface area contributed by atoms with Crippen LogP contribution in [0.2, 0.25) is 0 Å². The van der Waals surface area contributed by atoms with Crippen molar-refractivity contribution in [3.05, 3.63) is 35.4 Å². The van der Waals surface area contributed by atoms with Crippen molar-refractivity contribution >= 4 is 23.9 Å². The second kappa shape index (κ2) is 6.55. The first-order valence-corrected chi connectivity index (χ1v) is 9.40. The topological polar surface area (TPSA) is 102 Å². The van der Waals surface area contributed by atoms with Gasteiger partial charge >= 0.3 is 12.1 Å². The van der Waals surface area contributed by atoms with Crippen LogP contribution >= 0.6 is 0 Å². The first-order chi connectivity index (χ1) is 13.6. The maximum atomic E-state index is 12.5. The van der Waals surface area contributed by atoms with Crippen LogP contribution in [0.15, 0.2) is 24.3 Å². The zero-order valence-corrected chi connectivity index (χ0v) is 16.5. The molecule has 9 nitrogen and oxygen atoms in total. The van der Waals surface area contributed by atoms with E-state index in [1.54, 1.807) is 32.9 Å². The summed E-state index contributed by atoms with van der Waals surface area (Å²) in [6.45, 7) is 6.11. The second-order valence-electron chi connectivity index (χ2n) is 8.59. The molecular formula is C20H22N2O7. The Labute approximate surface area is 167 Å². The van der Waals surface area contributed by atoms with Gasteiger partial charge in [-0.15, -0.1) is 0 Å². The number of carbonyl (C=O) groups is 4. The summed E-state index contributed by atoms with van der Waals surface area (Å²) in [6.07, 6.45) is -0.0855. The van der Waals surface area contributed by atoms with Gasteiger partial charge in [-0.3, -0.25) is 9.59 Å². The van der Waals surface area contributed by atoms with Crippen LogP contribution in [-0.2, 0) is 19.1 Å². The predicted octanol–water partition coefficient (Wildman–Crippen LogP) is 1.77. The number of imide groups is 1. The molecule has 0 radical (unpaired) electrons. The highest BCUT2D eigenvalue weighted by Gasteiger charge is 2.54. The van der Waals surface area contributed by atoms with E-state index in [2.05, 4.69) is 0 Å². The van der Waals surface area contributed by atoms with Gasteiger partial charge in [0.05, 0.1) is 36.7 Å². The normalized spacial score (nSPS) is 22.5. The summed E-state index contributed by atoms with van der Waals surface area (Å²) >= 11 is 0. The van der Waals surface area contributed by atoms with E-state index in [1.165, 1.54) is 17.0 Å². The molecule has 9 heteroatoms. The van der Waals surface area contributed by atoms with Crippen molar-refractivity contribution in [2.75, 3.05) is 19.7 Å². The molecule has 29 heavy (non-hydrogen) atoms. The summed E-state index contributed by atoms with van der Waals surface area (Å²) in [4.78, 5) is 55.9. The number of amides is 3. The Bertz CT molecular complexity index is 863. The van der Waals surface area contributed by atoms with E-state index >= 15 is 0 Å². The molecule has 0 aromatic heterocycles. The molecule has 0 saturated carbocycles. The molecule has 2 saturated heterocycles. The number of benzene rings is 1. The second-order valence-corrected chi connectivity index (χ2v) is 8.59. The molecule has 3 aliphatic heterocycles. The number of likely N-dealkylation sites (tertiary alicyclic amines) is 1. The summed E-state index contributed by atoms with van der Waals surface area (Å²) in [5.74, 6) is -2.65. The van der Waals surface area contributed by atoms with Gasteiger partial charge in [-0.25, -0.2) is 9.59 Å². The van der Waals surface area contributed by atoms with Gasteiger partial charge in [0.15, 0.2) is 0 Å². The van der Waals surface area contributed by atoms with Gasteiger partial charge in [0, 0.05) is 0 Å². The van der Waals surface area contributed by atoms with Crippen molar-refractivity contribution in [3.8, 4) is 0 Å². The lowest BCUT2D eigenvalue weighted by molar-refractivity contribution is -0.173. The van der Waals surface area contributed by atoms with E-state index in [-0.39, 0.29) is 17.7 Å². The zero-order chi connectivity index (χ0) is 21.0. The third-order valence-electron chi connectivity index (χ3n) is 5.09. The Morgan fingerprint density at radius 3 is 2.24 bits per heavy atom. The lowest BCUT2D eigenvalue weighted by Crippen LogP contribution is -2.63. The lowest BCUT2D eigenvalue weighted by atomic mass is 9.87. The summed E-state index contributed by atoms with van der Waals surface area (Å²) in [7, 11) is 0. The van der Waals surface area contributed by atoms with Crippen LogP contribution in [0.3, 0.4) is 0 Å². The van der Waals surface area contributed by atoms with E-state index in [4.69, 9.17) is 14.3 Å². The fourth-order valence-corrected chi connectivity index (χ4v) is 3.74. The van der Waals surface area contributed by atoms with Gasteiger partial charge in [-0.05, 0) is 39.3 Å². The Hall–Kier alpha value is -2.94. The molecule has 1 spiro atoms. The third-order valence-corrected chi connectivity index (χ3v) is 5.09. The molecule has 1 aromatic rings. The fourth-order valence-electron chi connectivity index (χ4n) is 3.74. The van der Waals surface area contributed by atoms with Crippen molar-refractivity contribution in [3.63, 3.8) is 0 Å². The van der Waals surface area contributed by atoms with Crippen LogP contribution in [-0.4, -0.2) is 64.7 Å². The van der Waals surface area contributed by atoms with Crippen LogP contribution in [0.5, 0.6) is 0 Å². The van der Waals surface area contributed by atoms with Gasteiger partial charge in [0.1, 0.15) is 11.2 Å². The van der Waals surface area contributed by atoms with Crippen molar-refractivity contribution in [1.82, 2.24) is 9.96 Å². The Kier molecular flexibility index (Phi) is 4.38. The van der Waals surface area contributed by atoms with Gasteiger partial charge in [0.2, 0.25) is 0 Å². The predicted molar refractivity (Wildman–Crippen MR) is 97.6 cm³/mol. The zero-order valence-electron chi connectivity index (χ0n) is 16.5. The molecule has 1 unspecified atom stereocenters. The number of nitrogens with zero attached hydrogens (tertiary/aromatic N) is 2. The van der Waals surface area contributed by atoms with E-state index in [1.807, 2.05) is 0 Å². The van der Waals surface area contributed by atoms with Crippen molar-refractivity contribution < 1.29 is 33.5 Å². The Morgan fingerprint density at radius 1 is 1.10 bits per heavy atom. The highest BCUT2D eigenvalue weighted by atomic mass is 16.7. The molecule has 2 fully saturated rings. The molecular weight excluding hydrogens is 380 g/mol. The fraction of sp³-hybridized carbons (Fsp3) is 0.500. The minimum atomic E-state index is -0.702. The molecule has 3 heterocycles. The molecule has 3 amide bonds. The summed E-state index contributed by atoms with van der Waals surface area (Å²) in [5, 5.41) is 0.506. The average Bonchev–Trinajstić information content (AvgIpc) is 3.16. The summed E-state index contributed by atoms with van der Waals surface area (Å²) < 4.78 is 11.1. The molecule has 0 aliphatic carbocycles. The van der Waals surface area contributed by atoms with Crippen LogP contribution in [0.4, 0.5) is 4.79 Å². The molecule has 0 bridgehead atoms. The van der Waals surface area contributed by atoms with Crippen molar-refractivity contribution in [1.29, 1.82) is 0 Å². The van der Waals surface area contributed by atoms with Crippen LogP contribution in [0, 0.1) is 5.92 Å². The average molecular weight is 402 g/mol. The summed E-state index contributed by atoms with van der Waals surface area (Å²) in [6, 6.07) is 6.29. The lowest BCUT2D eigenvalue weighted by Gasteiger charge is -2.46. The number of hydrogen-bond acceptors (Lipinski definition) is 7. The third kappa shape index (κ3) is 3.46. The van der Waals surface area contributed by atoms with Gasteiger partial charge in [-0.1, -0.05) is 17.2 Å². The maximum Gasteiger partial charge on any atom is 0.410 e. The van der Waals surface area contributed by atoms with E-state index < -0.39 is 41.0 Å². The quantitative estimate of drug-likeness (QED) is 0.695. The standard InChI is InChI=1S/C20H22N2O7/c1-19(2,3)28-18(26)21-10-20(11-21)8-12(9-27-20)17(25)29-22-15(23)13-6-4-5-7-14(13)16(22)24/h4-7,12H,8-11H2,1-3H3. The number of rotatable bonds is 2. The minimum absolute atomic E-state index is 0.101. The molecule has 1 aromatic carbocycles. The van der Waals surface area contributed by atoms with E-state index in [0.29, 0.717) is 24.6 Å². The molecule has 0 N–H and O–H groups in total. The van der Waals surface area contributed by atoms with E-state index in [9.17, 15) is 19.2 Å². The van der Waals surface area contributed by atoms with Crippen LogP contribution in [0.1, 0.15) is 47.9 Å². The first-order valence-electron chi connectivity index (χ1n) is 9.40. The van der Waals surface area contributed by atoms with Crippen LogP contribution < -0.4 is 0 Å². The largest absolute Gasteiger partial charge is 0.444 e. The molecule has 154 valence electrons. The first kappa shape index (κ1) is 19.4. The highest BCUT2D eigenvalue weighted by Crippen LogP contribution is 2.39. The Balaban J connectivity index is 1.33. The number of fused-ring (bicyclic) bond motifs is 1. The van der Waals surface area contributed by atoms with Crippen molar-refractivity contribution in [2.45, 2.75) is 38.4 Å². The molecule has 1 atom stereocenters. The number of carbonyl (C=O) groups excluding carboxylic acids is 4.